The number of hydrogen-bond acceptors (Lipinski definition) is 6. The van der Waals surface area contributed by atoms with Crippen molar-refractivity contribution in [1.82, 2.24) is 9.66 Å². The first-order valence-electron chi connectivity index (χ1n) is 11.1. The van der Waals surface area contributed by atoms with Crippen molar-refractivity contribution < 1.29 is 18.7 Å². The lowest BCUT2D eigenvalue weighted by molar-refractivity contribution is -0.118. The molecule has 0 aliphatic heterocycles. The molecule has 1 heterocycles. The zero-order chi connectivity index (χ0) is 26.5. The molecule has 1 N–H and O–H groups in total. The molecule has 8 nitrogen and oxygen atoms in total. The highest BCUT2D eigenvalue weighted by Gasteiger charge is 2.15. The molecule has 3 aromatic carbocycles. The topological polar surface area (TPSA) is 94.8 Å². The molecule has 190 valence electrons. The van der Waals surface area contributed by atoms with Gasteiger partial charge >= 0.3 is 0 Å². The molecule has 4 rings (SSSR count). The third kappa shape index (κ3) is 6.15. The Labute approximate surface area is 224 Å². The number of rotatable bonds is 8. The lowest BCUT2D eigenvalue weighted by Gasteiger charge is -2.13. The summed E-state index contributed by atoms with van der Waals surface area (Å²) in [5, 5.41) is 7.49. The molecule has 11 heteroatoms. The number of anilines is 1. The van der Waals surface area contributed by atoms with E-state index >= 15 is 0 Å². The molecule has 0 radical (unpaired) electrons. The minimum absolute atomic E-state index is 0.152. The third-order valence-corrected chi connectivity index (χ3v) is 6.00. The quantitative estimate of drug-likeness (QED) is 0.278. The van der Waals surface area contributed by atoms with Crippen molar-refractivity contribution in [3.05, 3.63) is 91.7 Å². The van der Waals surface area contributed by atoms with Crippen molar-refractivity contribution >= 4 is 56.2 Å². The molecule has 0 saturated carbocycles. The SMILES string of the molecule is CCc1nc2ccc(Br)cc2c(=O)n1N=Cc1cc(Cl)c(OCC(=O)Nc2cccc(F)c2)c(OC)c1. The van der Waals surface area contributed by atoms with Gasteiger partial charge in [-0.05, 0) is 54.1 Å². The Balaban J connectivity index is 1.56. The molecule has 0 fully saturated rings. The van der Waals surface area contributed by atoms with Crippen molar-refractivity contribution in [2.75, 3.05) is 19.0 Å². The van der Waals surface area contributed by atoms with Gasteiger partial charge < -0.3 is 14.8 Å². The summed E-state index contributed by atoms with van der Waals surface area (Å²) in [4.78, 5) is 29.9. The fourth-order valence-corrected chi connectivity index (χ4v) is 4.16. The predicted molar refractivity (Wildman–Crippen MR) is 145 cm³/mol. The van der Waals surface area contributed by atoms with Crippen molar-refractivity contribution in [2.45, 2.75) is 13.3 Å². The maximum absolute atomic E-state index is 13.3. The highest BCUT2D eigenvalue weighted by Crippen LogP contribution is 2.36. The Morgan fingerprint density at radius 3 is 2.78 bits per heavy atom. The largest absolute Gasteiger partial charge is 0.493 e. The Morgan fingerprint density at radius 2 is 2.05 bits per heavy atom. The zero-order valence-electron chi connectivity index (χ0n) is 19.8. The first kappa shape index (κ1) is 26.3. The molecule has 0 saturated heterocycles. The van der Waals surface area contributed by atoms with E-state index < -0.39 is 11.7 Å². The lowest BCUT2D eigenvalue weighted by Crippen LogP contribution is -2.22. The maximum Gasteiger partial charge on any atom is 0.282 e. The van der Waals surface area contributed by atoms with Gasteiger partial charge in [-0.15, -0.1) is 0 Å². The second-order valence-corrected chi connectivity index (χ2v) is 9.11. The number of aryl methyl sites for hydroxylation is 1. The van der Waals surface area contributed by atoms with Crippen LogP contribution >= 0.6 is 27.5 Å². The van der Waals surface area contributed by atoms with Crippen molar-refractivity contribution in [3.63, 3.8) is 0 Å². The smallest absolute Gasteiger partial charge is 0.282 e. The number of ether oxygens (including phenoxy) is 2. The van der Waals surface area contributed by atoms with Crippen LogP contribution in [-0.2, 0) is 11.2 Å². The number of amides is 1. The highest BCUT2D eigenvalue weighted by molar-refractivity contribution is 9.10. The predicted octanol–water partition coefficient (Wildman–Crippen LogP) is 5.42. The van der Waals surface area contributed by atoms with E-state index in [1.165, 1.54) is 36.2 Å². The number of carbonyl (C=O) groups excluding carboxylic acids is 1. The number of nitrogens with one attached hydrogen (secondary N) is 1. The summed E-state index contributed by atoms with van der Waals surface area (Å²) in [5.41, 5.74) is 1.11. The second kappa shape index (κ2) is 11.5. The van der Waals surface area contributed by atoms with Crippen LogP contribution in [-0.4, -0.2) is 35.5 Å². The number of methoxy groups -OCH3 is 1. The van der Waals surface area contributed by atoms with E-state index in [1.807, 2.05) is 13.0 Å². The van der Waals surface area contributed by atoms with Crippen LogP contribution in [0.1, 0.15) is 18.3 Å². The van der Waals surface area contributed by atoms with Gasteiger partial charge in [0.15, 0.2) is 18.1 Å². The molecule has 0 atom stereocenters. The molecule has 4 aromatic rings. The van der Waals surface area contributed by atoms with Gasteiger partial charge in [-0.2, -0.15) is 9.78 Å². The van der Waals surface area contributed by atoms with Crippen LogP contribution in [0.25, 0.3) is 10.9 Å². The van der Waals surface area contributed by atoms with Crippen LogP contribution in [0, 0.1) is 5.82 Å². The average molecular weight is 588 g/mol. The van der Waals surface area contributed by atoms with Gasteiger partial charge in [0.2, 0.25) is 0 Å². The summed E-state index contributed by atoms with van der Waals surface area (Å²) in [5.74, 6) is -0.0634. The number of halogens is 3. The van der Waals surface area contributed by atoms with Gasteiger partial charge in [-0.1, -0.05) is 40.5 Å². The highest BCUT2D eigenvalue weighted by atomic mass is 79.9. The van der Waals surface area contributed by atoms with Crippen LogP contribution in [0.4, 0.5) is 10.1 Å². The van der Waals surface area contributed by atoms with Crippen LogP contribution < -0.4 is 20.3 Å². The summed E-state index contributed by atoms with van der Waals surface area (Å²) in [6, 6.07) is 14.0. The van der Waals surface area contributed by atoms with E-state index in [1.54, 1.807) is 30.3 Å². The van der Waals surface area contributed by atoms with E-state index in [0.29, 0.717) is 34.4 Å². The maximum atomic E-state index is 13.3. The number of nitrogens with zero attached hydrogens (tertiary/aromatic N) is 3. The van der Waals surface area contributed by atoms with Gasteiger partial charge in [-0.25, -0.2) is 9.37 Å². The fraction of sp³-hybridized carbons (Fsp3) is 0.154. The standard InChI is InChI=1S/C26H21BrClFN4O4/c1-3-23-32-21-8-7-16(27)11-19(21)26(35)33(23)30-13-15-9-20(28)25(22(10-15)36-2)37-14-24(34)31-18-6-4-5-17(29)12-18/h4-13H,3,14H2,1-2H3,(H,31,34). The van der Waals surface area contributed by atoms with Gasteiger partial charge in [0.1, 0.15) is 11.6 Å². The lowest BCUT2D eigenvalue weighted by atomic mass is 10.2. The van der Waals surface area contributed by atoms with Gasteiger partial charge in [0.25, 0.3) is 11.5 Å². The summed E-state index contributed by atoms with van der Waals surface area (Å²) in [6.07, 6.45) is 1.95. The van der Waals surface area contributed by atoms with Crippen molar-refractivity contribution in [3.8, 4) is 11.5 Å². The van der Waals surface area contributed by atoms with Gasteiger partial charge in [-0.3, -0.25) is 9.59 Å². The van der Waals surface area contributed by atoms with E-state index in [9.17, 15) is 14.0 Å². The summed E-state index contributed by atoms with van der Waals surface area (Å²) >= 11 is 9.79. The third-order valence-electron chi connectivity index (χ3n) is 5.22. The molecule has 0 spiro atoms. The number of fused-ring (bicyclic) bond motifs is 1. The number of benzene rings is 3. The second-order valence-electron chi connectivity index (χ2n) is 7.79. The van der Waals surface area contributed by atoms with E-state index in [0.717, 1.165) is 4.47 Å². The fourth-order valence-electron chi connectivity index (χ4n) is 3.52. The Morgan fingerprint density at radius 1 is 1.24 bits per heavy atom. The minimum atomic E-state index is -0.503. The van der Waals surface area contributed by atoms with Crippen LogP contribution in [0.5, 0.6) is 11.5 Å². The summed E-state index contributed by atoms with van der Waals surface area (Å²) < 4.78 is 26.3. The normalized spacial score (nSPS) is 11.2. The van der Waals surface area contributed by atoms with Crippen LogP contribution in [0.15, 0.2) is 69.0 Å². The van der Waals surface area contributed by atoms with E-state index in [-0.39, 0.29) is 28.7 Å². The number of carbonyl (C=O) groups is 1. The Kier molecular flexibility index (Phi) is 8.20. The zero-order valence-corrected chi connectivity index (χ0v) is 22.1. The van der Waals surface area contributed by atoms with Crippen molar-refractivity contribution in [2.24, 2.45) is 5.10 Å². The monoisotopic (exact) mass is 586 g/mol. The van der Waals surface area contributed by atoms with Gasteiger partial charge in [0.05, 0.1) is 29.2 Å². The molecular weight excluding hydrogens is 567 g/mol. The molecule has 0 aliphatic carbocycles. The molecule has 0 unspecified atom stereocenters. The van der Waals surface area contributed by atoms with Gasteiger partial charge in [0, 0.05) is 16.6 Å². The van der Waals surface area contributed by atoms with Crippen molar-refractivity contribution in [1.29, 1.82) is 0 Å². The summed E-state index contributed by atoms with van der Waals surface area (Å²) in [7, 11) is 1.43. The summed E-state index contributed by atoms with van der Waals surface area (Å²) in [6.45, 7) is 1.50. The molecule has 0 bridgehead atoms. The average Bonchev–Trinajstić information content (AvgIpc) is 2.87. The number of hydrogen-bond donors (Lipinski definition) is 1. The molecule has 1 amide bonds. The molecular formula is C26H21BrClFN4O4. The molecule has 1 aromatic heterocycles. The first-order valence-corrected chi connectivity index (χ1v) is 12.3. The van der Waals surface area contributed by atoms with Crippen LogP contribution in [0.2, 0.25) is 5.02 Å². The molecule has 37 heavy (non-hydrogen) atoms. The van der Waals surface area contributed by atoms with E-state index in [2.05, 4.69) is 31.3 Å². The minimum Gasteiger partial charge on any atom is -0.493 e. The van der Waals surface area contributed by atoms with Crippen LogP contribution in [0.3, 0.4) is 0 Å². The molecule has 0 aliphatic rings. The Bertz CT molecular complexity index is 1570. The first-order chi connectivity index (χ1) is 17.8. The Hall–Kier alpha value is -3.76. The number of aromatic nitrogens is 2. The van der Waals surface area contributed by atoms with E-state index in [4.69, 9.17) is 21.1 Å².